The van der Waals surface area contributed by atoms with Crippen LogP contribution in [0.3, 0.4) is 0 Å². The van der Waals surface area contributed by atoms with Crippen LogP contribution in [0, 0.1) is 15.9 Å². The molecule has 31 heavy (non-hydrogen) atoms. The molecule has 1 N–H and O–H groups in total. The standard InChI is InChI=1S/C20H19F4N3O4/c21-12-3-1-2-4-16(12)31-17-6-5-13(27(29)30)19(18(17)20(22,23)24)26-10-9-25-8-7-15(28)14(25)11-26/h1-6,14-15,28H,7-11H2/t14?,15-/m1/s1. The normalized spacial score (nSPS) is 21.8. The van der Waals surface area contributed by atoms with Gasteiger partial charge in [-0.1, -0.05) is 12.1 Å². The minimum Gasteiger partial charge on any atom is -0.454 e. The molecule has 11 heteroatoms. The number of benzene rings is 2. The molecule has 0 bridgehead atoms. The topological polar surface area (TPSA) is 79.1 Å². The van der Waals surface area contributed by atoms with Crippen molar-refractivity contribution in [3.8, 4) is 11.5 Å². The summed E-state index contributed by atoms with van der Waals surface area (Å²) in [5.41, 5.74) is -2.70. The molecule has 2 aromatic rings. The van der Waals surface area contributed by atoms with E-state index >= 15 is 0 Å². The summed E-state index contributed by atoms with van der Waals surface area (Å²) in [6.45, 7) is 1.07. The molecule has 2 fully saturated rings. The van der Waals surface area contributed by atoms with E-state index in [-0.39, 0.29) is 13.1 Å². The molecule has 0 aliphatic carbocycles. The molecule has 0 amide bonds. The summed E-state index contributed by atoms with van der Waals surface area (Å²) in [5, 5.41) is 21.8. The van der Waals surface area contributed by atoms with Crippen molar-refractivity contribution in [3.05, 3.63) is 57.9 Å². The van der Waals surface area contributed by atoms with Crippen LogP contribution in [-0.2, 0) is 6.18 Å². The van der Waals surface area contributed by atoms with E-state index in [4.69, 9.17) is 4.74 Å². The molecular weight excluding hydrogens is 422 g/mol. The number of hydrogen-bond donors (Lipinski definition) is 1. The van der Waals surface area contributed by atoms with Gasteiger partial charge in [-0.05, 0) is 24.6 Å². The summed E-state index contributed by atoms with van der Waals surface area (Å²) in [6.07, 6.45) is -5.25. The minimum absolute atomic E-state index is 0.00572. The lowest BCUT2D eigenvalue weighted by Crippen LogP contribution is -2.53. The van der Waals surface area contributed by atoms with Crippen LogP contribution in [-0.4, -0.2) is 53.3 Å². The van der Waals surface area contributed by atoms with Gasteiger partial charge in [0.15, 0.2) is 11.6 Å². The van der Waals surface area contributed by atoms with E-state index in [2.05, 4.69) is 0 Å². The first-order valence-corrected chi connectivity index (χ1v) is 9.65. The average Bonchev–Trinajstić information content (AvgIpc) is 3.08. The third-order valence-electron chi connectivity index (χ3n) is 5.66. The number of anilines is 1. The molecule has 0 aromatic heterocycles. The molecule has 1 unspecified atom stereocenters. The molecule has 2 saturated heterocycles. The van der Waals surface area contributed by atoms with Gasteiger partial charge in [0.25, 0.3) is 5.69 Å². The third kappa shape index (κ3) is 4.02. The number of ether oxygens (including phenoxy) is 1. The number of aliphatic hydroxyl groups is 1. The van der Waals surface area contributed by atoms with Crippen LogP contribution in [0.1, 0.15) is 12.0 Å². The number of nitrogens with zero attached hydrogens (tertiary/aromatic N) is 3. The second-order valence-electron chi connectivity index (χ2n) is 7.50. The van der Waals surface area contributed by atoms with Crippen molar-refractivity contribution in [1.29, 1.82) is 0 Å². The number of nitro groups is 1. The molecule has 2 atom stereocenters. The van der Waals surface area contributed by atoms with Crippen molar-refractivity contribution < 1.29 is 32.3 Å². The summed E-state index contributed by atoms with van der Waals surface area (Å²) in [5.74, 6) is -2.02. The van der Waals surface area contributed by atoms with E-state index in [1.807, 2.05) is 4.90 Å². The van der Waals surface area contributed by atoms with E-state index in [1.165, 1.54) is 23.1 Å². The summed E-state index contributed by atoms with van der Waals surface area (Å²) in [6, 6.07) is 6.31. The van der Waals surface area contributed by atoms with Crippen LogP contribution in [0.5, 0.6) is 11.5 Å². The fourth-order valence-electron chi connectivity index (χ4n) is 4.22. The van der Waals surface area contributed by atoms with Gasteiger partial charge in [-0.15, -0.1) is 0 Å². The maximum atomic E-state index is 14.2. The molecule has 2 aliphatic heterocycles. The highest BCUT2D eigenvalue weighted by molar-refractivity contribution is 5.73. The van der Waals surface area contributed by atoms with Gasteiger partial charge in [0, 0.05) is 32.2 Å². The van der Waals surface area contributed by atoms with Gasteiger partial charge >= 0.3 is 6.18 Å². The highest BCUT2D eigenvalue weighted by Gasteiger charge is 2.45. The lowest BCUT2D eigenvalue weighted by Gasteiger charge is -2.40. The smallest absolute Gasteiger partial charge is 0.422 e. The predicted molar refractivity (Wildman–Crippen MR) is 103 cm³/mol. The lowest BCUT2D eigenvalue weighted by atomic mass is 10.0. The number of piperazine rings is 1. The molecule has 166 valence electrons. The number of para-hydroxylation sites is 1. The largest absolute Gasteiger partial charge is 0.454 e. The highest BCUT2D eigenvalue weighted by Crippen LogP contribution is 2.49. The molecule has 2 aromatic carbocycles. The lowest BCUT2D eigenvalue weighted by molar-refractivity contribution is -0.384. The Labute approximate surface area is 174 Å². The van der Waals surface area contributed by atoms with Crippen LogP contribution >= 0.6 is 0 Å². The fourth-order valence-corrected chi connectivity index (χ4v) is 4.22. The van der Waals surface area contributed by atoms with Gasteiger partial charge < -0.3 is 14.7 Å². The Morgan fingerprint density at radius 2 is 1.84 bits per heavy atom. The third-order valence-corrected chi connectivity index (χ3v) is 5.66. The predicted octanol–water partition coefficient (Wildman–Crippen LogP) is 3.80. The molecule has 0 spiro atoms. The summed E-state index contributed by atoms with van der Waals surface area (Å²) >= 11 is 0. The van der Waals surface area contributed by atoms with Crippen LogP contribution < -0.4 is 9.64 Å². The summed E-state index contributed by atoms with van der Waals surface area (Å²) in [7, 11) is 0. The quantitative estimate of drug-likeness (QED) is 0.442. The first-order chi connectivity index (χ1) is 14.7. The fraction of sp³-hybridized carbons (Fsp3) is 0.400. The molecule has 2 aliphatic rings. The monoisotopic (exact) mass is 441 g/mol. The van der Waals surface area contributed by atoms with Gasteiger partial charge in [0.05, 0.1) is 17.1 Å². The Hall–Kier alpha value is -2.92. The van der Waals surface area contributed by atoms with Gasteiger partial charge in [0.1, 0.15) is 17.0 Å². The first-order valence-electron chi connectivity index (χ1n) is 9.65. The zero-order valence-corrected chi connectivity index (χ0v) is 16.2. The number of halogens is 4. The van der Waals surface area contributed by atoms with E-state index in [9.17, 15) is 32.8 Å². The second-order valence-corrected chi connectivity index (χ2v) is 7.50. The van der Waals surface area contributed by atoms with Crippen molar-refractivity contribution >= 4 is 11.4 Å². The van der Waals surface area contributed by atoms with Crippen molar-refractivity contribution in [2.45, 2.75) is 24.7 Å². The molecule has 7 nitrogen and oxygen atoms in total. The zero-order chi connectivity index (χ0) is 22.3. The minimum atomic E-state index is -5.01. The molecule has 0 saturated carbocycles. The van der Waals surface area contributed by atoms with Crippen LogP contribution in [0.2, 0.25) is 0 Å². The number of alkyl halides is 3. The Balaban J connectivity index is 1.83. The number of nitro benzene ring substituents is 1. The van der Waals surface area contributed by atoms with Crippen LogP contribution in [0.25, 0.3) is 0 Å². The number of aliphatic hydroxyl groups excluding tert-OH is 1. The first kappa shape index (κ1) is 21.3. The summed E-state index contributed by atoms with van der Waals surface area (Å²) < 4.78 is 61.8. The Morgan fingerprint density at radius 3 is 2.52 bits per heavy atom. The van der Waals surface area contributed by atoms with Crippen LogP contribution in [0.4, 0.5) is 28.9 Å². The highest BCUT2D eigenvalue weighted by atomic mass is 19.4. The number of hydrogen-bond acceptors (Lipinski definition) is 6. The van der Waals surface area contributed by atoms with Gasteiger partial charge in [-0.25, -0.2) is 4.39 Å². The van der Waals surface area contributed by atoms with Crippen molar-refractivity contribution in [3.63, 3.8) is 0 Å². The SMILES string of the molecule is O=[N+]([O-])c1ccc(Oc2ccccc2F)c(C(F)(F)F)c1N1CCN2CC[C@@H](O)C2C1. The summed E-state index contributed by atoms with van der Waals surface area (Å²) in [4.78, 5) is 14.0. The molecule has 4 rings (SSSR count). The Kier molecular flexibility index (Phi) is 5.48. The van der Waals surface area contributed by atoms with Crippen LogP contribution in [0.15, 0.2) is 36.4 Å². The van der Waals surface area contributed by atoms with Gasteiger partial charge in [-0.2, -0.15) is 13.2 Å². The maximum absolute atomic E-state index is 14.2. The van der Waals surface area contributed by atoms with Crippen molar-refractivity contribution in [2.75, 3.05) is 31.1 Å². The van der Waals surface area contributed by atoms with E-state index in [0.29, 0.717) is 19.5 Å². The van der Waals surface area contributed by atoms with E-state index in [1.54, 1.807) is 0 Å². The average molecular weight is 441 g/mol. The Morgan fingerprint density at radius 1 is 1.10 bits per heavy atom. The number of fused-ring (bicyclic) bond motifs is 1. The molecular formula is C20H19F4N3O4. The Bertz CT molecular complexity index is 1000. The second kappa shape index (κ2) is 7.97. The maximum Gasteiger partial charge on any atom is 0.422 e. The van der Waals surface area contributed by atoms with E-state index < -0.39 is 57.5 Å². The van der Waals surface area contributed by atoms with Crippen molar-refractivity contribution in [1.82, 2.24) is 4.90 Å². The molecule has 0 radical (unpaired) electrons. The van der Waals surface area contributed by atoms with E-state index in [0.717, 1.165) is 18.2 Å². The zero-order valence-electron chi connectivity index (χ0n) is 16.2. The molecule has 2 heterocycles. The van der Waals surface area contributed by atoms with Crippen molar-refractivity contribution in [2.24, 2.45) is 0 Å². The number of rotatable bonds is 4. The van der Waals surface area contributed by atoms with Gasteiger partial charge in [-0.3, -0.25) is 15.0 Å². The van der Waals surface area contributed by atoms with Gasteiger partial charge in [0.2, 0.25) is 0 Å².